The highest BCUT2D eigenvalue weighted by Gasteiger charge is 2.08. The molecule has 0 aromatic carbocycles. The maximum atomic E-state index is 11.3. The van der Waals surface area contributed by atoms with Crippen molar-refractivity contribution in [1.29, 1.82) is 0 Å². The summed E-state index contributed by atoms with van der Waals surface area (Å²) in [5, 5.41) is 8.25. The van der Waals surface area contributed by atoms with E-state index in [1.54, 1.807) is 22.9 Å². The summed E-state index contributed by atoms with van der Waals surface area (Å²) in [6, 6.07) is 3.53. The highest BCUT2D eigenvalue weighted by molar-refractivity contribution is 7.99. The third-order valence-corrected chi connectivity index (χ3v) is 3.10. The summed E-state index contributed by atoms with van der Waals surface area (Å²) < 4.78 is 1.54. The second kappa shape index (κ2) is 4.71. The molecule has 0 atom stereocenters. The number of nitrogens with zero attached hydrogens (tertiary/aromatic N) is 3. The van der Waals surface area contributed by atoms with Crippen molar-refractivity contribution in [1.82, 2.24) is 19.7 Å². The molecule has 0 fully saturated rings. The predicted octanol–water partition coefficient (Wildman–Crippen LogP) is 1.79. The summed E-state index contributed by atoms with van der Waals surface area (Å²) in [6.07, 6.45) is 1.56. The molecule has 7 heteroatoms. The molecule has 0 aliphatic carbocycles. The molecule has 0 spiro atoms. The first-order valence-electron chi connectivity index (χ1n) is 4.65. The molecule has 2 rings (SSSR count). The van der Waals surface area contributed by atoms with E-state index in [0.717, 1.165) is 5.03 Å². The van der Waals surface area contributed by atoms with Crippen molar-refractivity contribution >= 4 is 23.4 Å². The zero-order chi connectivity index (χ0) is 11.5. The van der Waals surface area contributed by atoms with Crippen molar-refractivity contribution in [3.63, 3.8) is 0 Å². The molecule has 5 nitrogen and oxygen atoms in total. The Balaban J connectivity index is 2.27. The molecule has 84 valence electrons. The van der Waals surface area contributed by atoms with Gasteiger partial charge in [0.05, 0.1) is 5.02 Å². The smallest absolute Gasteiger partial charge is 0.270 e. The molecule has 0 saturated heterocycles. The zero-order valence-corrected chi connectivity index (χ0v) is 10.0. The number of aromatic nitrogens is 4. The van der Waals surface area contributed by atoms with E-state index in [0.29, 0.717) is 16.7 Å². The highest BCUT2D eigenvalue weighted by Crippen LogP contribution is 2.23. The number of rotatable bonds is 3. The van der Waals surface area contributed by atoms with Crippen LogP contribution in [0, 0.1) is 0 Å². The van der Waals surface area contributed by atoms with Crippen LogP contribution in [0.4, 0.5) is 0 Å². The first-order valence-corrected chi connectivity index (χ1v) is 5.84. The van der Waals surface area contributed by atoms with Crippen molar-refractivity contribution in [2.75, 3.05) is 0 Å². The third kappa shape index (κ3) is 2.28. The Bertz CT molecular complexity index is 533. The molecular weight excluding hydrogens is 248 g/mol. The lowest BCUT2D eigenvalue weighted by Crippen LogP contribution is -2.16. The normalized spacial score (nSPS) is 10.6. The van der Waals surface area contributed by atoms with Gasteiger partial charge >= 0.3 is 5.69 Å². The molecule has 0 aliphatic rings. The maximum absolute atomic E-state index is 11.3. The second-order valence-corrected chi connectivity index (χ2v) is 4.40. The average molecular weight is 257 g/mol. The van der Waals surface area contributed by atoms with E-state index in [-0.39, 0.29) is 5.69 Å². The predicted molar refractivity (Wildman–Crippen MR) is 61.9 cm³/mol. The van der Waals surface area contributed by atoms with Gasteiger partial charge < -0.3 is 0 Å². The molecule has 0 amide bonds. The Morgan fingerprint density at radius 2 is 2.38 bits per heavy atom. The van der Waals surface area contributed by atoms with E-state index in [2.05, 4.69) is 15.2 Å². The lowest BCUT2D eigenvalue weighted by atomic mass is 10.5. The molecule has 2 aromatic rings. The Morgan fingerprint density at radius 3 is 3.00 bits per heavy atom. The largest absolute Gasteiger partial charge is 0.343 e. The van der Waals surface area contributed by atoms with Crippen LogP contribution in [-0.2, 0) is 6.54 Å². The van der Waals surface area contributed by atoms with E-state index < -0.39 is 0 Å². The van der Waals surface area contributed by atoms with Crippen LogP contribution in [0.15, 0.2) is 33.3 Å². The molecule has 16 heavy (non-hydrogen) atoms. The van der Waals surface area contributed by atoms with Crippen LogP contribution < -0.4 is 5.69 Å². The number of H-pyrrole nitrogens is 1. The molecule has 0 bridgehead atoms. The van der Waals surface area contributed by atoms with Gasteiger partial charge in [0.15, 0.2) is 5.16 Å². The Hall–Kier alpha value is -1.27. The van der Waals surface area contributed by atoms with Gasteiger partial charge in [0, 0.05) is 12.7 Å². The fourth-order valence-electron chi connectivity index (χ4n) is 1.18. The summed E-state index contributed by atoms with van der Waals surface area (Å²) in [5.74, 6) is 0. The molecule has 2 heterocycles. The van der Waals surface area contributed by atoms with Crippen molar-refractivity contribution < 1.29 is 0 Å². The van der Waals surface area contributed by atoms with Crippen molar-refractivity contribution in [2.24, 2.45) is 0 Å². The number of halogens is 1. The summed E-state index contributed by atoms with van der Waals surface area (Å²) in [7, 11) is 0. The summed E-state index contributed by atoms with van der Waals surface area (Å²) in [6.45, 7) is 2.46. The lowest BCUT2D eigenvalue weighted by molar-refractivity contribution is 0.660. The topological polar surface area (TPSA) is 63.6 Å². The summed E-state index contributed by atoms with van der Waals surface area (Å²) in [4.78, 5) is 15.4. The third-order valence-electron chi connectivity index (χ3n) is 1.94. The summed E-state index contributed by atoms with van der Waals surface area (Å²) >= 11 is 7.05. The van der Waals surface area contributed by atoms with E-state index >= 15 is 0 Å². The molecule has 0 aliphatic heterocycles. The van der Waals surface area contributed by atoms with Crippen molar-refractivity contribution in [2.45, 2.75) is 23.7 Å². The van der Waals surface area contributed by atoms with Gasteiger partial charge in [-0.1, -0.05) is 11.6 Å². The van der Waals surface area contributed by atoms with Crippen LogP contribution in [0.2, 0.25) is 5.02 Å². The van der Waals surface area contributed by atoms with Gasteiger partial charge in [0.1, 0.15) is 5.03 Å². The molecule has 0 saturated carbocycles. The van der Waals surface area contributed by atoms with Gasteiger partial charge in [-0.05, 0) is 30.8 Å². The first kappa shape index (κ1) is 11.2. The number of hydrogen-bond donors (Lipinski definition) is 1. The van der Waals surface area contributed by atoms with Gasteiger partial charge in [-0.3, -0.25) is 4.57 Å². The van der Waals surface area contributed by atoms with Gasteiger partial charge in [0.25, 0.3) is 0 Å². The number of pyridine rings is 1. The fourth-order valence-corrected chi connectivity index (χ4v) is 2.13. The Morgan fingerprint density at radius 1 is 1.56 bits per heavy atom. The molecule has 0 unspecified atom stereocenters. The molecule has 0 radical (unpaired) electrons. The Kier molecular flexibility index (Phi) is 3.31. The van der Waals surface area contributed by atoms with Gasteiger partial charge in [-0.25, -0.2) is 14.9 Å². The highest BCUT2D eigenvalue weighted by atomic mass is 35.5. The van der Waals surface area contributed by atoms with Gasteiger partial charge in [-0.15, -0.1) is 5.10 Å². The summed E-state index contributed by atoms with van der Waals surface area (Å²) in [5.41, 5.74) is -0.209. The molecule has 2 aromatic heterocycles. The monoisotopic (exact) mass is 256 g/mol. The van der Waals surface area contributed by atoms with E-state index in [9.17, 15) is 4.79 Å². The average Bonchev–Trinajstić information content (AvgIpc) is 2.63. The number of hydrogen-bond acceptors (Lipinski definition) is 4. The second-order valence-electron chi connectivity index (χ2n) is 2.97. The minimum absolute atomic E-state index is 0.209. The van der Waals surface area contributed by atoms with E-state index in [1.807, 2.05) is 6.92 Å². The molecular formula is C9H9ClN4OS. The maximum Gasteiger partial charge on any atom is 0.343 e. The lowest BCUT2D eigenvalue weighted by Gasteiger charge is -2.00. The number of nitrogens with one attached hydrogen (secondary N) is 1. The minimum atomic E-state index is -0.209. The van der Waals surface area contributed by atoms with Crippen molar-refractivity contribution in [3.8, 4) is 0 Å². The quantitative estimate of drug-likeness (QED) is 0.909. The van der Waals surface area contributed by atoms with Gasteiger partial charge in [0.2, 0.25) is 0 Å². The SMILES string of the molecule is CCn1c(Sc2ccc(Cl)cn2)n[nH]c1=O. The van der Waals surface area contributed by atoms with Crippen molar-refractivity contribution in [3.05, 3.63) is 33.8 Å². The van der Waals surface area contributed by atoms with E-state index in [4.69, 9.17) is 11.6 Å². The van der Waals surface area contributed by atoms with Crippen LogP contribution in [0.25, 0.3) is 0 Å². The first-order chi connectivity index (χ1) is 7.70. The standard InChI is InChI=1S/C9H9ClN4OS/c1-2-14-8(15)12-13-9(14)16-7-4-3-6(10)5-11-7/h3-5H,2H2,1H3,(H,12,15). The minimum Gasteiger partial charge on any atom is -0.270 e. The zero-order valence-electron chi connectivity index (χ0n) is 8.48. The van der Waals surface area contributed by atoms with Crippen LogP contribution in [-0.4, -0.2) is 19.7 Å². The van der Waals surface area contributed by atoms with Gasteiger partial charge in [-0.2, -0.15) is 0 Å². The van der Waals surface area contributed by atoms with Crippen LogP contribution >= 0.6 is 23.4 Å². The molecule has 1 N–H and O–H groups in total. The number of aromatic amines is 1. The van der Waals surface area contributed by atoms with Crippen LogP contribution in [0.1, 0.15) is 6.92 Å². The van der Waals surface area contributed by atoms with Crippen LogP contribution in [0.3, 0.4) is 0 Å². The fraction of sp³-hybridized carbons (Fsp3) is 0.222. The Labute approximate surface area is 101 Å². The van der Waals surface area contributed by atoms with E-state index in [1.165, 1.54) is 11.8 Å². The van der Waals surface area contributed by atoms with Crippen LogP contribution in [0.5, 0.6) is 0 Å².